The largest absolute Gasteiger partial charge is 0.507 e. The van der Waals surface area contributed by atoms with E-state index in [9.17, 15) is 10.2 Å². The number of phenols is 2. The van der Waals surface area contributed by atoms with Crippen molar-refractivity contribution in [2.45, 2.75) is 84.5 Å². The number of aryl methyl sites for hydroxylation is 3. The normalized spacial score (nSPS) is 11.8. The Hall–Kier alpha value is -2.74. The molecule has 2 N–H and O–H groups in total. The molecule has 0 saturated carbocycles. The topological polar surface area (TPSA) is 40.5 Å². The maximum atomic E-state index is 10.9. The van der Waals surface area contributed by atoms with Gasteiger partial charge >= 0.3 is 0 Å². The summed E-state index contributed by atoms with van der Waals surface area (Å²) in [4.78, 5) is 0. The van der Waals surface area contributed by atoms with Crippen molar-refractivity contribution < 1.29 is 10.2 Å². The molecule has 0 radical (unpaired) electrons. The Bertz CT molecular complexity index is 1100. The lowest BCUT2D eigenvalue weighted by Gasteiger charge is -2.23. The van der Waals surface area contributed by atoms with Gasteiger partial charge in [-0.2, -0.15) is 0 Å². The van der Waals surface area contributed by atoms with Crippen molar-refractivity contribution in [1.29, 1.82) is 0 Å². The van der Waals surface area contributed by atoms with Crippen LogP contribution in [-0.2, 0) is 31.1 Å². The minimum absolute atomic E-state index is 0.132. The molecule has 0 spiro atoms. The van der Waals surface area contributed by atoms with Crippen LogP contribution in [-0.4, -0.2) is 10.2 Å². The molecule has 0 bridgehead atoms. The first-order valence-electron chi connectivity index (χ1n) is 12.4. The zero-order chi connectivity index (χ0) is 24.0. The monoisotopic (exact) mass is 444 g/mol. The smallest absolute Gasteiger partial charge is 0.126 e. The van der Waals surface area contributed by atoms with Crippen LogP contribution in [0.1, 0.15) is 81.2 Å². The molecule has 0 aliphatic rings. The number of hydrogen-bond donors (Lipinski definition) is 2. The van der Waals surface area contributed by atoms with Crippen LogP contribution >= 0.6 is 0 Å². The van der Waals surface area contributed by atoms with Gasteiger partial charge in [0.2, 0.25) is 0 Å². The van der Waals surface area contributed by atoms with Gasteiger partial charge in [-0.05, 0) is 70.7 Å². The molecule has 0 atom stereocenters. The minimum Gasteiger partial charge on any atom is -0.507 e. The van der Waals surface area contributed by atoms with E-state index in [0.717, 1.165) is 53.1 Å². The fourth-order valence-electron chi connectivity index (χ4n) is 4.71. The van der Waals surface area contributed by atoms with E-state index in [1.807, 2.05) is 24.3 Å². The lowest BCUT2D eigenvalue weighted by atomic mass is 9.83. The second kappa shape index (κ2) is 10.9. The molecule has 3 aromatic rings. The average molecular weight is 445 g/mol. The lowest BCUT2D eigenvalue weighted by molar-refractivity contribution is 0.441. The van der Waals surface area contributed by atoms with E-state index in [4.69, 9.17) is 0 Å². The van der Waals surface area contributed by atoms with Crippen molar-refractivity contribution in [3.63, 3.8) is 0 Å². The van der Waals surface area contributed by atoms with Crippen LogP contribution in [0.3, 0.4) is 0 Å². The van der Waals surface area contributed by atoms with Crippen molar-refractivity contribution in [2.75, 3.05) is 0 Å². The highest BCUT2D eigenvalue weighted by Gasteiger charge is 2.21. The Morgan fingerprint density at radius 2 is 1.52 bits per heavy atom. The van der Waals surface area contributed by atoms with Crippen LogP contribution in [0.2, 0.25) is 0 Å². The van der Waals surface area contributed by atoms with Crippen molar-refractivity contribution >= 4 is 10.8 Å². The van der Waals surface area contributed by atoms with Crippen molar-refractivity contribution in [2.24, 2.45) is 0 Å². The second-order valence-corrected chi connectivity index (χ2v) is 10.3. The Morgan fingerprint density at radius 1 is 0.788 bits per heavy atom. The van der Waals surface area contributed by atoms with Crippen LogP contribution in [0.15, 0.2) is 55.1 Å². The molecule has 33 heavy (non-hydrogen) atoms. The van der Waals surface area contributed by atoms with Crippen LogP contribution in [0.4, 0.5) is 0 Å². The Balaban J connectivity index is 1.94. The fourth-order valence-corrected chi connectivity index (χ4v) is 4.71. The van der Waals surface area contributed by atoms with E-state index in [2.05, 4.69) is 58.5 Å². The molecule has 0 amide bonds. The number of benzene rings is 3. The zero-order valence-corrected chi connectivity index (χ0v) is 20.9. The van der Waals surface area contributed by atoms with Crippen molar-refractivity contribution in [1.82, 2.24) is 0 Å². The lowest BCUT2D eigenvalue weighted by Crippen LogP contribution is -2.13. The average Bonchev–Trinajstić information content (AvgIpc) is 2.78. The molecule has 0 heterocycles. The van der Waals surface area contributed by atoms with E-state index in [1.54, 1.807) is 0 Å². The molecule has 0 aromatic heterocycles. The zero-order valence-electron chi connectivity index (χ0n) is 20.9. The van der Waals surface area contributed by atoms with Gasteiger partial charge < -0.3 is 10.2 Å². The molecule has 0 fully saturated rings. The molecular weight excluding hydrogens is 404 g/mol. The number of aromatic hydroxyl groups is 2. The molecule has 0 aliphatic heterocycles. The second-order valence-electron chi connectivity index (χ2n) is 10.3. The van der Waals surface area contributed by atoms with Gasteiger partial charge in [-0.1, -0.05) is 95.5 Å². The van der Waals surface area contributed by atoms with Crippen LogP contribution < -0.4 is 0 Å². The standard InChI is InChI=1S/C31H40O2/c1-6-8-9-10-14-25-21-23(26-15-11-12-16-27(26)29(25)32)18-17-22-19-24(13-7-2)30(33)28(20-22)31(3,4)5/h7,11-12,15-16,19-21,32-33H,2,6,8-10,13-14,17-18H2,1,3-5H3. The van der Waals surface area contributed by atoms with Gasteiger partial charge in [0.1, 0.15) is 11.5 Å². The van der Waals surface area contributed by atoms with Gasteiger partial charge in [0.05, 0.1) is 0 Å². The highest BCUT2D eigenvalue weighted by molar-refractivity contribution is 5.92. The molecule has 3 rings (SSSR count). The van der Waals surface area contributed by atoms with Crippen molar-refractivity contribution in [3.8, 4) is 11.5 Å². The molecule has 2 nitrogen and oxygen atoms in total. The SMILES string of the molecule is C=CCc1cc(CCc2cc(CCCCCC)c(O)c3ccccc23)cc(C(C)(C)C)c1O. The Kier molecular flexibility index (Phi) is 8.24. The molecule has 0 unspecified atom stereocenters. The van der Waals surface area contributed by atoms with E-state index in [0.29, 0.717) is 17.9 Å². The van der Waals surface area contributed by atoms with Gasteiger partial charge in [0.25, 0.3) is 0 Å². The molecular formula is C31H40O2. The van der Waals surface area contributed by atoms with Crippen molar-refractivity contribution in [3.05, 3.63) is 82.9 Å². The molecule has 176 valence electrons. The summed E-state index contributed by atoms with van der Waals surface area (Å²) in [6, 6.07) is 14.7. The summed E-state index contributed by atoms with van der Waals surface area (Å²) in [5.41, 5.74) is 5.38. The Labute approximate surface area is 200 Å². The van der Waals surface area contributed by atoms with E-state index >= 15 is 0 Å². The Morgan fingerprint density at radius 3 is 2.18 bits per heavy atom. The summed E-state index contributed by atoms with van der Waals surface area (Å²) in [5, 5.41) is 23.8. The van der Waals surface area contributed by atoms with E-state index in [-0.39, 0.29) is 5.41 Å². The maximum Gasteiger partial charge on any atom is 0.126 e. The third-order valence-corrected chi connectivity index (χ3v) is 6.58. The highest BCUT2D eigenvalue weighted by Crippen LogP contribution is 2.36. The minimum atomic E-state index is -0.132. The van der Waals surface area contributed by atoms with Gasteiger partial charge in [0.15, 0.2) is 0 Å². The number of phenolic OH excluding ortho intramolecular Hbond substituents is 2. The highest BCUT2D eigenvalue weighted by atomic mass is 16.3. The van der Waals surface area contributed by atoms with Gasteiger partial charge in [0, 0.05) is 5.39 Å². The van der Waals surface area contributed by atoms with E-state index in [1.165, 1.54) is 30.4 Å². The van der Waals surface area contributed by atoms with Gasteiger partial charge in [-0.15, -0.1) is 6.58 Å². The molecule has 2 heteroatoms. The summed E-state index contributed by atoms with van der Waals surface area (Å²) in [5.74, 6) is 0.842. The van der Waals surface area contributed by atoms with Crippen LogP contribution in [0.5, 0.6) is 11.5 Å². The van der Waals surface area contributed by atoms with E-state index < -0.39 is 0 Å². The maximum absolute atomic E-state index is 10.9. The summed E-state index contributed by atoms with van der Waals surface area (Å²) in [7, 11) is 0. The quantitative estimate of drug-likeness (QED) is 0.244. The number of allylic oxidation sites excluding steroid dienone is 1. The summed E-state index contributed by atoms with van der Waals surface area (Å²) in [6.45, 7) is 12.5. The van der Waals surface area contributed by atoms with Gasteiger partial charge in [-0.3, -0.25) is 0 Å². The first kappa shape index (κ1) is 24.9. The summed E-state index contributed by atoms with van der Waals surface area (Å²) < 4.78 is 0. The number of rotatable bonds is 10. The fraction of sp³-hybridized carbons (Fsp3) is 0.419. The molecule has 3 aromatic carbocycles. The predicted octanol–water partition coefficient (Wildman–Crippen LogP) is 8.19. The first-order chi connectivity index (χ1) is 15.8. The summed E-state index contributed by atoms with van der Waals surface area (Å²) >= 11 is 0. The number of hydrogen-bond acceptors (Lipinski definition) is 2. The predicted molar refractivity (Wildman–Crippen MR) is 142 cm³/mol. The third kappa shape index (κ3) is 5.99. The molecule has 0 aliphatic carbocycles. The van der Waals surface area contributed by atoms with Crippen LogP contribution in [0.25, 0.3) is 10.8 Å². The van der Waals surface area contributed by atoms with Crippen LogP contribution in [0, 0.1) is 0 Å². The number of fused-ring (bicyclic) bond motifs is 1. The third-order valence-electron chi connectivity index (χ3n) is 6.58. The number of unbranched alkanes of at least 4 members (excludes halogenated alkanes) is 3. The summed E-state index contributed by atoms with van der Waals surface area (Å²) in [6.07, 6.45) is 9.97. The van der Waals surface area contributed by atoms with Gasteiger partial charge in [-0.25, -0.2) is 0 Å². The first-order valence-corrected chi connectivity index (χ1v) is 12.4. The molecule has 0 saturated heterocycles.